The molecule has 0 aliphatic carbocycles. The highest BCUT2D eigenvalue weighted by Gasteiger charge is 2.06. The van der Waals surface area contributed by atoms with E-state index >= 15 is 0 Å². The minimum atomic E-state index is -0.0458. The van der Waals surface area contributed by atoms with Crippen molar-refractivity contribution in [1.82, 2.24) is 0 Å². The van der Waals surface area contributed by atoms with E-state index in [0.29, 0.717) is 18.8 Å². The number of benzene rings is 2. The standard InChI is InChI=1S/C18H21NO2/c1-13(2)14-7-10-16(11-8-14)19-18(21)12-9-15-5-3-4-6-17(15)20/h3-8,10-11,13,20H,9,12H2,1-2H3,(H,19,21). The first kappa shape index (κ1) is 15.1. The third-order valence-electron chi connectivity index (χ3n) is 3.47. The van der Waals surface area contributed by atoms with Crippen LogP contribution in [0.5, 0.6) is 5.75 Å². The van der Waals surface area contributed by atoms with Gasteiger partial charge in [-0.15, -0.1) is 0 Å². The number of hydrogen-bond donors (Lipinski definition) is 2. The molecule has 0 fully saturated rings. The Balaban J connectivity index is 1.88. The van der Waals surface area contributed by atoms with E-state index in [2.05, 4.69) is 19.2 Å². The maximum absolute atomic E-state index is 11.9. The molecule has 2 aromatic rings. The second kappa shape index (κ2) is 6.93. The Kier molecular flexibility index (Phi) is 4.99. The number of carbonyl (C=O) groups excluding carboxylic acids is 1. The van der Waals surface area contributed by atoms with Crippen molar-refractivity contribution < 1.29 is 9.90 Å². The van der Waals surface area contributed by atoms with Crippen LogP contribution in [-0.4, -0.2) is 11.0 Å². The first-order chi connectivity index (χ1) is 10.1. The lowest BCUT2D eigenvalue weighted by molar-refractivity contribution is -0.116. The molecule has 21 heavy (non-hydrogen) atoms. The van der Waals surface area contributed by atoms with E-state index in [0.717, 1.165) is 11.3 Å². The predicted octanol–water partition coefficient (Wildman–Crippen LogP) is 4.09. The SMILES string of the molecule is CC(C)c1ccc(NC(=O)CCc2ccccc2O)cc1. The zero-order chi connectivity index (χ0) is 15.2. The predicted molar refractivity (Wildman–Crippen MR) is 85.6 cm³/mol. The number of amides is 1. The van der Waals surface area contributed by atoms with Crippen molar-refractivity contribution in [2.24, 2.45) is 0 Å². The largest absolute Gasteiger partial charge is 0.508 e. The van der Waals surface area contributed by atoms with Crippen molar-refractivity contribution in [3.8, 4) is 5.75 Å². The second-order valence-electron chi connectivity index (χ2n) is 5.45. The summed E-state index contributed by atoms with van der Waals surface area (Å²) in [6.07, 6.45) is 0.881. The summed E-state index contributed by atoms with van der Waals surface area (Å²) in [5.41, 5.74) is 2.85. The Morgan fingerprint density at radius 3 is 2.38 bits per heavy atom. The summed E-state index contributed by atoms with van der Waals surface area (Å²) in [7, 11) is 0. The highest BCUT2D eigenvalue weighted by Crippen LogP contribution is 2.19. The molecule has 0 saturated heterocycles. The minimum Gasteiger partial charge on any atom is -0.508 e. The van der Waals surface area contributed by atoms with Crippen LogP contribution in [0.2, 0.25) is 0 Å². The molecular weight excluding hydrogens is 262 g/mol. The molecule has 0 aliphatic heterocycles. The molecule has 2 rings (SSSR count). The van der Waals surface area contributed by atoms with E-state index in [1.807, 2.05) is 36.4 Å². The maximum atomic E-state index is 11.9. The highest BCUT2D eigenvalue weighted by molar-refractivity contribution is 5.90. The average molecular weight is 283 g/mol. The van der Waals surface area contributed by atoms with Crippen LogP contribution in [0.4, 0.5) is 5.69 Å². The molecule has 110 valence electrons. The van der Waals surface area contributed by atoms with Crippen molar-refractivity contribution in [1.29, 1.82) is 0 Å². The molecule has 0 aliphatic rings. The second-order valence-corrected chi connectivity index (χ2v) is 5.45. The smallest absolute Gasteiger partial charge is 0.224 e. The molecule has 0 spiro atoms. The van der Waals surface area contributed by atoms with Crippen LogP contribution in [0.3, 0.4) is 0 Å². The van der Waals surface area contributed by atoms with Gasteiger partial charge in [-0.1, -0.05) is 44.2 Å². The van der Waals surface area contributed by atoms with E-state index < -0.39 is 0 Å². The van der Waals surface area contributed by atoms with Crippen LogP contribution in [-0.2, 0) is 11.2 Å². The molecule has 0 saturated carbocycles. The lowest BCUT2D eigenvalue weighted by Gasteiger charge is -2.09. The maximum Gasteiger partial charge on any atom is 0.224 e. The highest BCUT2D eigenvalue weighted by atomic mass is 16.3. The first-order valence-electron chi connectivity index (χ1n) is 7.23. The van der Waals surface area contributed by atoms with Gasteiger partial charge in [0.1, 0.15) is 5.75 Å². The Morgan fingerprint density at radius 2 is 1.76 bits per heavy atom. The van der Waals surface area contributed by atoms with Gasteiger partial charge in [0.15, 0.2) is 0 Å². The molecule has 0 bridgehead atoms. The zero-order valence-electron chi connectivity index (χ0n) is 12.5. The Hall–Kier alpha value is -2.29. The summed E-state index contributed by atoms with van der Waals surface area (Å²) in [4.78, 5) is 11.9. The fraction of sp³-hybridized carbons (Fsp3) is 0.278. The molecule has 0 radical (unpaired) electrons. The number of nitrogens with one attached hydrogen (secondary N) is 1. The Bertz CT molecular complexity index is 603. The normalized spacial score (nSPS) is 10.6. The molecular formula is C18H21NO2. The number of phenolic OH excluding ortho intramolecular Hbond substituents is 1. The van der Waals surface area contributed by atoms with Crippen molar-refractivity contribution in [2.45, 2.75) is 32.6 Å². The first-order valence-corrected chi connectivity index (χ1v) is 7.23. The number of aromatic hydroxyl groups is 1. The molecule has 2 aromatic carbocycles. The van der Waals surface area contributed by atoms with Crippen molar-refractivity contribution in [3.63, 3.8) is 0 Å². The summed E-state index contributed by atoms with van der Waals surface area (Å²) in [6.45, 7) is 4.28. The van der Waals surface area contributed by atoms with E-state index in [4.69, 9.17) is 0 Å². The third-order valence-corrected chi connectivity index (χ3v) is 3.47. The average Bonchev–Trinajstić information content (AvgIpc) is 2.47. The summed E-state index contributed by atoms with van der Waals surface area (Å²) < 4.78 is 0. The third kappa shape index (κ3) is 4.35. The number of aryl methyl sites for hydroxylation is 1. The Labute approximate surface area is 125 Å². The molecule has 1 amide bonds. The van der Waals surface area contributed by atoms with Gasteiger partial charge < -0.3 is 10.4 Å². The fourth-order valence-corrected chi connectivity index (χ4v) is 2.15. The number of hydrogen-bond acceptors (Lipinski definition) is 2. The van der Waals surface area contributed by atoms with Gasteiger partial charge in [-0.05, 0) is 41.7 Å². The van der Waals surface area contributed by atoms with Crippen LogP contribution >= 0.6 is 0 Å². The summed E-state index contributed by atoms with van der Waals surface area (Å²) in [5.74, 6) is 0.679. The lowest BCUT2D eigenvalue weighted by atomic mass is 10.0. The Morgan fingerprint density at radius 1 is 1.10 bits per heavy atom. The van der Waals surface area contributed by atoms with E-state index in [1.54, 1.807) is 12.1 Å². The molecule has 3 nitrogen and oxygen atoms in total. The van der Waals surface area contributed by atoms with Gasteiger partial charge in [0, 0.05) is 12.1 Å². The van der Waals surface area contributed by atoms with Gasteiger partial charge in [0.2, 0.25) is 5.91 Å². The van der Waals surface area contributed by atoms with E-state index in [9.17, 15) is 9.90 Å². The van der Waals surface area contributed by atoms with Crippen molar-refractivity contribution in [2.75, 3.05) is 5.32 Å². The monoisotopic (exact) mass is 283 g/mol. The van der Waals surface area contributed by atoms with Crippen LogP contribution < -0.4 is 5.32 Å². The van der Waals surface area contributed by atoms with Crippen molar-refractivity contribution >= 4 is 11.6 Å². The van der Waals surface area contributed by atoms with E-state index in [-0.39, 0.29) is 11.7 Å². The van der Waals surface area contributed by atoms with Crippen molar-refractivity contribution in [3.05, 3.63) is 59.7 Å². The molecule has 2 N–H and O–H groups in total. The topological polar surface area (TPSA) is 49.3 Å². The molecule has 0 atom stereocenters. The van der Waals surface area contributed by atoms with Gasteiger partial charge in [0.05, 0.1) is 0 Å². The number of carbonyl (C=O) groups is 1. The summed E-state index contributed by atoms with van der Waals surface area (Å²) in [5, 5.41) is 12.5. The fourth-order valence-electron chi connectivity index (χ4n) is 2.15. The van der Waals surface area contributed by atoms with Crippen LogP contribution in [0.15, 0.2) is 48.5 Å². The lowest BCUT2D eigenvalue weighted by Crippen LogP contribution is -2.12. The van der Waals surface area contributed by atoms with E-state index in [1.165, 1.54) is 5.56 Å². The van der Waals surface area contributed by atoms with Crippen LogP contribution in [0.1, 0.15) is 37.3 Å². The number of phenols is 1. The zero-order valence-corrected chi connectivity index (χ0v) is 12.5. The summed E-state index contributed by atoms with van der Waals surface area (Å²) >= 11 is 0. The summed E-state index contributed by atoms with van der Waals surface area (Å²) in [6, 6.07) is 15.0. The molecule has 0 heterocycles. The number of rotatable bonds is 5. The quantitative estimate of drug-likeness (QED) is 0.868. The van der Waals surface area contributed by atoms with Gasteiger partial charge in [-0.2, -0.15) is 0 Å². The molecule has 3 heteroatoms. The van der Waals surface area contributed by atoms with Gasteiger partial charge >= 0.3 is 0 Å². The number of para-hydroxylation sites is 1. The molecule has 0 unspecified atom stereocenters. The molecule has 0 aromatic heterocycles. The van der Waals surface area contributed by atoms with Crippen LogP contribution in [0.25, 0.3) is 0 Å². The van der Waals surface area contributed by atoms with Gasteiger partial charge in [0.25, 0.3) is 0 Å². The van der Waals surface area contributed by atoms with Crippen LogP contribution in [0, 0.1) is 0 Å². The minimum absolute atomic E-state index is 0.0458. The number of anilines is 1. The van der Waals surface area contributed by atoms with Gasteiger partial charge in [-0.25, -0.2) is 0 Å². The van der Waals surface area contributed by atoms with Gasteiger partial charge in [-0.3, -0.25) is 4.79 Å².